The Bertz CT molecular complexity index is 1220. The highest BCUT2D eigenvalue weighted by Crippen LogP contribution is 2.21. The number of nitrogens with one attached hydrogen (secondary N) is 2. The average Bonchev–Trinajstić information content (AvgIpc) is 2.96. The van der Waals surface area contributed by atoms with Gasteiger partial charge in [0.25, 0.3) is 10.0 Å². The molecule has 0 unspecified atom stereocenters. The zero-order valence-corrected chi connectivity index (χ0v) is 24.2. The molecule has 0 saturated heterocycles. The van der Waals surface area contributed by atoms with Crippen molar-refractivity contribution in [3.05, 3.63) is 65.7 Å². The van der Waals surface area contributed by atoms with Gasteiger partial charge >= 0.3 is 0 Å². The average molecular weight is 588 g/mol. The van der Waals surface area contributed by atoms with Crippen molar-refractivity contribution in [2.45, 2.75) is 74.9 Å². The second-order valence-corrected chi connectivity index (χ2v) is 11.7. The fraction of sp³-hybridized carbons (Fsp3) is 0.448. The highest BCUT2D eigenvalue weighted by Gasteiger charge is 2.36. The molecule has 0 aliphatic rings. The number of rotatable bonds is 19. The maximum Gasteiger partial charge on any atom is 0.267 e. The molecule has 0 aromatic heterocycles. The minimum atomic E-state index is -4.38. The van der Waals surface area contributed by atoms with Gasteiger partial charge in [0.15, 0.2) is 0 Å². The third-order valence-electron chi connectivity index (χ3n) is 6.62. The van der Waals surface area contributed by atoms with Crippen LogP contribution in [0.1, 0.15) is 49.7 Å². The van der Waals surface area contributed by atoms with Crippen LogP contribution in [0.2, 0.25) is 0 Å². The maximum atomic E-state index is 13.7. The van der Waals surface area contributed by atoms with Crippen LogP contribution in [-0.4, -0.2) is 68.4 Å². The lowest BCUT2D eigenvalue weighted by atomic mass is 10.0. The van der Waals surface area contributed by atoms with Crippen molar-refractivity contribution in [1.29, 1.82) is 0 Å². The molecular formula is C29H41N5O6S. The molecule has 3 amide bonds. The van der Waals surface area contributed by atoms with Crippen LogP contribution >= 0.6 is 0 Å². The largest absolute Gasteiger partial charge is 0.345 e. The summed E-state index contributed by atoms with van der Waals surface area (Å²) in [5, 5.41) is 5.32. The molecule has 0 bridgehead atoms. The van der Waals surface area contributed by atoms with Crippen LogP contribution in [0.3, 0.4) is 0 Å². The van der Waals surface area contributed by atoms with E-state index in [1.54, 1.807) is 43.3 Å². The van der Waals surface area contributed by atoms with Crippen molar-refractivity contribution in [3.63, 3.8) is 0 Å². The summed E-state index contributed by atoms with van der Waals surface area (Å²) in [6, 6.07) is 11.5. The van der Waals surface area contributed by atoms with Gasteiger partial charge in [0.2, 0.25) is 18.2 Å². The summed E-state index contributed by atoms with van der Waals surface area (Å²) in [7, 11) is -4.38. The molecule has 224 valence electrons. The van der Waals surface area contributed by atoms with E-state index < -0.39 is 40.0 Å². The zero-order chi connectivity index (χ0) is 30.3. The quantitative estimate of drug-likeness (QED) is 0.140. The number of benzene rings is 2. The van der Waals surface area contributed by atoms with E-state index in [0.717, 1.165) is 11.1 Å². The number of unbranched alkanes of at least 4 members (excludes halogenated alkanes) is 2. The van der Waals surface area contributed by atoms with Gasteiger partial charge in [-0.25, -0.2) is 12.7 Å². The number of amides is 3. The molecule has 0 radical (unpaired) electrons. The van der Waals surface area contributed by atoms with Crippen molar-refractivity contribution in [2.24, 2.45) is 11.5 Å². The standard InChI is InChI=1S/C29H41N5O6S/c1-22-13-15-25(16-14-22)41(39,40)34(21-36)27(12-6-8-18-31)29(38)33-26(19-23-9-3-2-4-10-23)28(37)32-24(20-35)11-5-7-17-30/h2-4,9-10,13-16,20-21,24,26-27H,5-8,11-12,17-19,30-31H2,1H3,(H,32,37)(H,33,38)/t24-,26-,27+/m0/s1. The Hall–Kier alpha value is -3.61. The number of aryl methyl sites for hydroxylation is 1. The van der Waals surface area contributed by atoms with E-state index in [9.17, 15) is 27.6 Å². The predicted molar refractivity (Wildman–Crippen MR) is 156 cm³/mol. The summed E-state index contributed by atoms with van der Waals surface area (Å²) in [4.78, 5) is 50.7. The van der Waals surface area contributed by atoms with Crippen molar-refractivity contribution in [1.82, 2.24) is 14.9 Å². The van der Waals surface area contributed by atoms with Gasteiger partial charge in [0, 0.05) is 6.42 Å². The summed E-state index contributed by atoms with van der Waals surface area (Å²) in [6.45, 7) is 2.56. The van der Waals surface area contributed by atoms with Crippen LogP contribution < -0.4 is 22.1 Å². The van der Waals surface area contributed by atoms with Crippen LogP contribution in [0.4, 0.5) is 0 Å². The highest BCUT2D eigenvalue weighted by atomic mass is 32.2. The third kappa shape index (κ3) is 10.4. The molecule has 0 aliphatic heterocycles. The topological polar surface area (TPSA) is 182 Å². The molecule has 0 saturated carbocycles. The van der Waals surface area contributed by atoms with E-state index in [2.05, 4.69) is 10.6 Å². The normalized spacial score (nSPS) is 13.4. The fourth-order valence-corrected chi connectivity index (χ4v) is 5.65. The molecule has 2 aromatic carbocycles. The monoisotopic (exact) mass is 587 g/mol. The Morgan fingerprint density at radius 1 is 0.854 bits per heavy atom. The predicted octanol–water partition coefficient (Wildman–Crippen LogP) is 1.18. The van der Waals surface area contributed by atoms with Gasteiger partial charge in [-0.05, 0) is 76.2 Å². The number of aldehydes is 1. The molecule has 2 aromatic rings. The van der Waals surface area contributed by atoms with Crippen molar-refractivity contribution >= 4 is 34.5 Å². The zero-order valence-electron chi connectivity index (χ0n) is 23.4. The molecule has 3 atom stereocenters. The lowest BCUT2D eigenvalue weighted by molar-refractivity contribution is -0.133. The second kappa shape index (κ2) is 17.3. The molecule has 0 heterocycles. The van der Waals surface area contributed by atoms with Crippen LogP contribution in [-0.2, 0) is 35.6 Å². The van der Waals surface area contributed by atoms with Crippen molar-refractivity contribution < 1.29 is 27.6 Å². The Morgan fingerprint density at radius 3 is 2.02 bits per heavy atom. The Balaban J connectivity index is 2.38. The molecule has 11 nitrogen and oxygen atoms in total. The molecule has 0 spiro atoms. The van der Waals surface area contributed by atoms with Gasteiger partial charge in [-0.1, -0.05) is 48.0 Å². The summed E-state index contributed by atoms with van der Waals surface area (Å²) in [5.41, 5.74) is 12.7. The number of carbonyl (C=O) groups excluding carboxylic acids is 4. The smallest absolute Gasteiger partial charge is 0.267 e. The highest BCUT2D eigenvalue weighted by molar-refractivity contribution is 7.89. The van der Waals surface area contributed by atoms with Crippen LogP contribution in [0, 0.1) is 6.92 Å². The number of hydrogen-bond acceptors (Lipinski definition) is 8. The summed E-state index contributed by atoms with van der Waals surface area (Å²) in [5.74, 6) is -1.42. The molecule has 0 fully saturated rings. The van der Waals surface area contributed by atoms with Crippen molar-refractivity contribution in [3.8, 4) is 0 Å². The summed E-state index contributed by atoms with van der Waals surface area (Å²) < 4.78 is 27.4. The SMILES string of the molecule is Cc1ccc(S(=O)(=O)N(C=O)[C@H](CCCCN)C(=O)N[C@@H](Cc2ccccc2)C(=O)N[C@H](C=O)CCCCN)cc1. The molecule has 0 aliphatic carbocycles. The molecule has 12 heteroatoms. The number of hydrogen-bond donors (Lipinski definition) is 4. The van der Waals surface area contributed by atoms with Gasteiger partial charge in [0.05, 0.1) is 10.9 Å². The first kappa shape index (κ1) is 33.6. The maximum absolute atomic E-state index is 13.7. The molecular weight excluding hydrogens is 546 g/mol. The number of nitrogens with zero attached hydrogens (tertiary/aromatic N) is 1. The van der Waals surface area contributed by atoms with Gasteiger partial charge < -0.3 is 26.9 Å². The fourth-order valence-electron chi connectivity index (χ4n) is 4.28. The first-order valence-electron chi connectivity index (χ1n) is 13.7. The first-order chi connectivity index (χ1) is 19.7. The van der Waals surface area contributed by atoms with Crippen molar-refractivity contribution in [2.75, 3.05) is 13.1 Å². The van der Waals surface area contributed by atoms with E-state index in [0.29, 0.717) is 55.8 Å². The minimum absolute atomic E-state index is 0.00257. The van der Waals surface area contributed by atoms with E-state index in [-0.39, 0.29) is 24.1 Å². The summed E-state index contributed by atoms with van der Waals surface area (Å²) >= 11 is 0. The lowest BCUT2D eigenvalue weighted by Gasteiger charge is -2.29. The number of carbonyl (C=O) groups is 4. The van der Waals surface area contributed by atoms with Gasteiger partial charge in [-0.3, -0.25) is 14.4 Å². The van der Waals surface area contributed by atoms with E-state index in [1.165, 1.54) is 12.1 Å². The van der Waals surface area contributed by atoms with E-state index >= 15 is 0 Å². The Morgan fingerprint density at radius 2 is 1.46 bits per heavy atom. The van der Waals surface area contributed by atoms with Crippen LogP contribution in [0.25, 0.3) is 0 Å². The van der Waals surface area contributed by atoms with Gasteiger partial charge in [-0.2, -0.15) is 0 Å². The van der Waals surface area contributed by atoms with Crippen LogP contribution in [0.15, 0.2) is 59.5 Å². The van der Waals surface area contributed by atoms with Gasteiger partial charge in [0.1, 0.15) is 18.4 Å². The Kier molecular flexibility index (Phi) is 14.1. The molecule has 6 N–H and O–H groups in total. The summed E-state index contributed by atoms with van der Waals surface area (Å²) in [6.07, 6.45) is 3.40. The molecule has 2 rings (SSSR count). The third-order valence-corrected chi connectivity index (χ3v) is 8.38. The minimum Gasteiger partial charge on any atom is -0.345 e. The number of nitrogens with two attached hydrogens (primary N) is 2. The number of sulfonamides is 1. The van der Waals surface area contributed by atoms with E-state index in [1.807, 2.05) is 6.07 Å². The second-order valence-electron chi connectivity index (χ2n) is 9.84. The van der Waals surface area contributed by atoms with Gasteiger partial charge in [-0.15, -0.1) is 0 Å². The first-order valence-corrected chi connectivity index (χ1v) is 15.2. The van der Waals surface area contributed by atoms with E-state index in [4.69, 9.17) is 11.5 Å². The molecule has 41 heavy (non-hydrogen) atoms. The lowest BCUT2D eigenvalue weighted by Crippen LogP contribution is -2.56. The Labute approximate surface area is 242 Å². The van der Waals surface area contributed by atoms with Crippen LogP contribution in [0.5, 0.6) is 0 Å².